The van der Waals surface area contributed by atoms with Gasteiger partial charge in [0.15, 0.2) is 16.6 Å². The second kappa shape index (κ2) is 8.27. The smallest absolute Gasteiger partial charge is 0.231 e. The van der Waals surface area contributed by atoms with Crippen LogP contribution in [-0.2, 0) is 6.54 Å². The van der Waals surface area contributed by atoms with Crippen LogP contribution in [-0.4, -0.2) is 19.0 Å². The number of hydrogen-bond donors (Lipinski definition) is 2. The molecular weight excluding hydrogens is 348 g/mol. The molecular formula is C20H24N2O3S. The van der Waals surface area contributed by atoms with Gasteiger partial charge in [0, 0.05) is 6.54 Å². The van der Waals surface area contributed by atoms with Crippen molar-refractivity contribution in [1.29, 1.82) is 0 Å². The van der Waals surface area contributed by atoms with Gasteiger partial charge in [0.1, 0.15) is 5.75 Å². The summed E-state index contributed by atoms with van der Waals surface area (Å²) in [5.74, 6) is 2.80. The van der Waals surface area contributed by atoms with Crippen molar-refractivity contribution in [2.45, 2.75) is 26.4 Å². The van der Waals surface area contributed by atoms with Crippen molar-refractivity contribution in [1.82, 2.24) is 10.6 Å². The quantitative estimate of drug-likeness (QED) is 0.753. The molecule has 0 aliphatic carbocycles. The van der Waals surface area contributed by atoms with E-state index in [9.17, 15) is 0 Å². The first-order chi connectivity index (χ1) is 12.6. The number of benzene rings is 2. The van der Waals surface area contributed by atoms with Crippen molar-refractivity contribution in [3.05, 3.63) is 53.6 Å². The van der Waals surface area contributed by atoms with E-state index in [0.29, 0.717) is 17.6 Å². The van der Waals surface area contributed by atoms with Crippen LogP contribution in [0.25, 0.3) is 0 Å². The van der Waals surface area contributed by atoms with E-state index in [1.807, 2.05) is 30.3 Å². The highest BCUT2D eigenvalue weighted by atomic mass is 32.1. The predicted octanol–water partition coefficient (Wildman–Crippen LogP) is 3.79. The van der Waals surface area contributed by atoms with Gasteiger partial charge in [0.05, 0.1) is 13.2 Å². The first-order valence-electron chi connectivity index (χ1n) is 8.63. The predicted molar refractivity (Wildman–Crippen MR) is 106 cm³/mol. The summed E-state index contributed by atoms with van der Waals surface area (Å²) in [6, 6.07) is 14.1. The average Bonchev–Trinajstić information content (AvgIpc) is 3.12. The van der Waals surface area contributed by atoms with E-state index < -0.39 is 0 Å². The molecule has 0 bridgehead atoms. The second-order valence-electron chi connectivity index (χ2n) is 6.51. The number of rotatable bonds is 6. The highest BCUT2D eigenvalue weighted by Crippen LogP contribution is 2.32. The zero-order chi connectivity index (χ0) is 18.5. The van der Waals surface area contributed by atoms with E-state index in [-0.39, 0.29) is 12.8 Å². The number of hydrogen-bond acceptors (Lipinski definition) is 4. The van der Waals surface area contributed by atoms with E-state index in [1.165, 1.54) is 5.56 Å². The molecule has 0 amide bonds. The molecule has 138 valence electrons. The summed E-state index contributed by atoms with van der Waals surface area (Å²) in [7, 11) is 1.67. The highest BCUT2D eigenvalue weighted by Gasteiger charge is 2.17. The van der Waals surface area contributed by atoms with Crippen LogP contribution < -0.4 is 24.8 Å². The molecule has 0 radical (unpaired) electrons. The van der Waals surface area contributed by atoms with Crippen LogP contribution in [0.1, 0.15) is 31.0 Å². The maximum Gasteiger partial charge on any atom is 0.231 e. The van der Waals surface area contributed by atoms with E-state index in [0.717, 1.165) is 22.8 Å². The molecule has 1 atom stereocenters. The summed E-state index contributed by atoms with van der Waals surface area (Å²) >= 11 is 5.49. The van der Waals surface area contributed by atoms with Crippen molar-refractivity contribution in [2.75, 3.05) is 13.9 Å². The molecule has 0 saturated heterocycles. The molecule has 1 aliphatic heterocycles. The minimum absolute atomic E-state index is 0.123. The van der Waals surface area contributed by atoms with Gasteiger partial charge in [-0.15, -0.1) is 0 Å². The lowest BCUT2D eigenvalue weighted by atomic mass is 9.96. The maximum absolute atomic E-state index is 5.49. The van der Waals surface area contributed by atoms with Gasteiger partial charge in [-0.2, -0.15) is 0 Å². The van der Waals surface area contributed by atoms with Gasteiger partial charge in [-0.25, -0.2) is 0 Å². The normalized spacial score (nSPS) is 13.4. The highest BCUT2D eigenvalue weighted by molar-refractivity contribution is 7.80. The minimum atomic E-state index is 0.123. The molecule has 3 rings (SSSR count). The molecule has 2 aromatic rings. The first kappa shape index (κ1) is 18.3. The third kappa shape index (κ3) is 4.38. The maximum atomic E-state index is 5.49. The van der Waals surface area contributed by atoms with Gasteiger partial charge >= 0.3 is 0 Å². The fourth-order valence-electron chi connectivity index (χ4n) is 2.87. The van der Waals surface area contributed by atoms with E-state index in [1.54, 1.807) is 7.11 Å². The van der Waals surface area contributed by atoms with Crippen LogP contribution in [0.15, 0.2) is 42.5 Å². The summed E-state index contributed by atoms with van der Waals surface area (Å²) in [6.07, 6.45) is 0. The number of thiocarbonyl (C=S) groups is 1. The van der Waals surface area contributed by atoms with Gasteiger partial charge < -0.3 is 24.8 Å². The Balaban J connectivity index is 1.59. The SMILES string of the molecule is COc1ccc([C@@H](NC(=S)NCc2ccc3c(c2)OCO3)C(C)C)cc1. The Kier molecular flexibility index (Phi) is 5.83. The lowest BCUT2D eigenvalue weighted by Crippen LogP contribution is -2.39. The fraction of sp³-hybridized carbons (Fsp3) is 0.350. The van der Waals surface area contributed by atoms with Gasteiger partial charge in [0.25, 0.3) is 0 Å². The Hall–Kier alpha value is -2.47. The molecule has 0 fully saturated rings. The third-order valence-electron chi connectivity index (χ3n) is 4.32. The number of ether oxygens (including phenoxy) is 3. The monoisotopic (exact) mass is 372 g/mol. The molecule has 0 saturated carbocycles. The van der Waals surface area contributed by atoms with Crippen LogP contribution in [0.5, 0.6) is 17.2 Å². The van der Waals surface area contributed by atoms with Gasteiger partial charge in [-0.1, -0.05) is 32.0 Å². The number of nitrogens with one attached hydrogen (secondary N) is 2. The van der Waals surface area contributed by atoms with Crippen molar-refractivity contribution < 1.29 is 14.2 Å². The van der Waals surface area contributed by atoms with Crippen LogP contribution in [0.3, 0.4) is 0 Å². The Morgan fingerprint density at radius 1 is 1.12 bits per heavy atom. The Morgan fingerprint density at radius 2 is 1.85 bits per heavy atom. The fourth-order valence-corrected chi connectivity index (χ4v) is 3.07. The molecule has 0 unspecified atom stereocenters. The molecule has 26 heavy (non-hydrogen) atoms. The second-order valence-corrected chi connectivity index (χ2v) is 6.92. The lowest BCUT2D eigenvalue weighted by Gasteiger charge is -2.25. The summed E-state index contributed by atoms with van der Waals surface area (Å²) in [5.41, 5.74) is 2.26. The lowest BCUT2D eigenvalue weighted by molar-refractivity contribution is 0.174. The molecule has 6 heteroatoms. The van der Waals surface area contributed by atoms with Crippen molar-refractivity contribution in [3.63, 3.8) is 0 Å². The first-order valence-corrected chi connectivity index (χ1v) is 9.04. The number of methoxy groups -OCH3 is 1. The molecule has 2 N–H and O–H groups in total. The Labute approximate surface area is 159 Å². The van der Waals surface area contributed by atoms with Gasteiger partial charge in [-0.05, 0) is 53.5 Å². The van der Waals surface area contributed by atoms with E-state index in [2.05, 4.69) is 36.6 Å². The van der Waals surface area contributed by atoms with Gasteiger partial charge in [0.2, 0.25) is 6.79 Å². The molecule has 5 nitrogen and oxygen atoms in total. The number of fused-ring (bicyclic) bond motifs is 1. The van der Waals surface area contributed by atoms with Gasteiger partial charge in [-0.3, -0.25) is 0 Å². The molecule has 1 heterocycles. The Morgan fingerprint density at radius 3 is 2.54 bits per heavy atom. The van der Waals surface area contributed by atoms with Crippen molar-refractivity contribution in [3.8, 4) is 17.2 Å². The van der Waals surface area contributed by atoms with Crippen LogP contribution >= 0.6 is 12.2 Å². The zero-order valence-corrected chi connectivity index (χ0v) is 16.1. The standard InChI is InChI=1S/C20H24N2O3S/c1-13(2)19(15-5-7-16(23-3)8-6-15)22-20(26)21-11-14-4-9-17-18(10-14)25-12-24-17/h4-10,13,19H,11-12H2,1-3H3,(H2,21,22,26)/t19-/m0/s1. The van der Waals surface area contributed by atoms with E-state index >= 15 is 0 Å². The average molecular weight is 372 g/mol. The summed E-state index contributed by atoms with van der Waals surface area (Å²) in [5, 5.41) is 7.31. The third-order valence-corrected chi connectivity index (χ3v) is 4.58. The summed E-state index contributed by atoms with van der Waals surface area (Å²) in [6.45, 7) is 5.24. The molecule has 0 aromatic heterocycles. The Bertz CT molecular complexity index is 762. The largest absolute Gasteiger partial charge is 0.497 e. The van der Waals surface area contributed by atoms with E-state index in [4.69, 9.17) is 26.4 Å². The molecule has 1 aliphatic rings. The molecule has 0 spiro atoms. The summed E-state index contributed by atoms with van der Waals surface area (Å²) in [4.78, 5) is 0. The van der Waals surface area contributed by atoms with Crippen LogP contribution in [0, 0.1) is 5.92 Å². The van der Waals surface area contributed by atoms with Crippen LogP contribution in [0.4, 0.5) is 0 Å². The van der Waals surface area contributed by atoms with Crippen LogP contribution in [0.2, 0.25) is 0 Å². The summed E-state index contributed by atoms with van der Waals surface area (Å²) < 4.78 is 16.0. The van der Waals surface area contributed by atoms with Crippen molar-refractivity contribution >= 4 is 17.3 Å². The minimum Gasteiger partial charge on any atom is -0.497 e. The zero-order valence-electron chi connectivity index (χ0n) is 15.2. The molecule has 2 aromatic carbocycles. The van der Waals surface area contributed by atoms with Crippen molar-refractivity contribution in [2.24, 2.45) is 5.92 Å². The topological polar surface area (TPSA) is 51.8 Å².